The highest BCUT2D eigenvalue weighted by atomic mass is 16.4. The van der Waals surface area contributed by atoms with E-state index in [1.807, 2.05) is 0 Å². The predicted molar refractivity (Wildman–Crippen MR) is 70.9 cm³/mol. The summed E-state index contributed by atoms with van der Waals surface area (Å²) in [7, 11) is 0. The quantitative estimate of drug-likeness (QED) is 0.270. The lowest BCUT2D eigenvalue weighted by Gasteiger charge is -2.22. The molecule has 3 amide bonds. The molecule has 3 atom stereocenters. The van der Waals surface area contributed by atoms with Crippen molar-refractivity contribution in [2.24, 2.45) is 5.73 Å². The molecule has 0 rings (SSSR count). The van der Waals surface area contributed by atoms with E-state index in [4.69, 9.17) is 10.8 Å². The van der Waals surface area contributed by atoms with E-state index in [2.05, 4.69) is 16.0 Å². The van der Waals surface area contributed by atoms with Crippen LogP contribution in [-0.2, 0) is 19.2 Å². The largest absolute Gasteiger partial charge is 0.480 e. The van der Waals surface area contributed by atoms with Gasteiger partial charge in [-0.3, -0.25) is 19.2 Å². The number of carboxylic acids is 1. The zero-order valence-electron chi connectivity index (χ0n) is 11.8. The lowest BCUT2D eigenvalue weighted by atomic mass is 10.1. The smallest absolute Gasteiger partial charge is 0.322 e. The van der Waals surface area contributed by atoms with Crippen molar-refractivity contribution in [3.63, 3.8) is 0 Å². The van der Waals surface area contributed by atoms with Crippen LogP contribution in [0.4, 0.5) is 0 Å². The fraction of sp³-hybridized carbons (Fsp3) is 0.636. The molecule has 0 aromatic rings. The summed E-state index contributed by atoms with van der Waals surface area (Å²) < 4.78 is 0. The second-order valence-corrected chi connectivity index (χ2v) is 4.33. The molecule has 3 unspecified atom stereocenters. The van der Waals surface area contributed by atoms with Gasteiger partial charge in [0.15, 0.2) is 0 Å². The minimum atomic E-state index is -1.27. The number of aliphatic hydroxyl groups is 1. The van der Waals surface area contributed by atoms with E-state index < -0.39 is 48.4 Å². The highest BCUT2D eigenvalue weighted by molar-refractivity contribution is 5.93. The van der Waals surface area contributed by atoms with Crippen LogP contribution in [0.2, 0.25) is 0 Å². The van der Waals surface area contributed by atoms with Crippen LogP contribution in [-0.4, -0.2) is 65.2 Å². The number of carboxylic acid groups (broad SMARTS) is 1. The average Bonchev–Trinajstić information content (AvgIpc) is 2.40. The lowest BCUT2D eigenvalue weighted by Crippen LogP contribution is -2.57. The lowest BCUT2D eigenvalue weighted by molar-refractivity contribution is -0.138. The van der Waals surface area contributed by atoms with Crippen molar-refractivity contribution < 1.29 is 29.4 Å². The topological polar surface area (TPSA) is 171 Å². The third-order valence-corrected chi connectivity index (χ3v) is 2.43. The van der Waals surface area contributed by atoms with Gasteiger partial charge in [0.25, 0.3) is 0 Å². The molecule has 10 heteroatoms. The van der Waals surface area contributed by atoms with Gasteiger partial charge >= 0.3 is 5.97 Å². The maximum absolute atomic E-state index is 11.9. The number of hydrogen-bond donors (Lipinski definition) is 6. The van der Waals surface area contributed by atoms with Gasteiger partial charge in [-0.2, -0.15) is 0 Å². The normalized spacial score (nSPS) is 14.5. The van der Waals surface area contributed by atoms with Crippen molar-refractivity contribution in [3.05, 3.63) is 0 Å². The third-order valence-electron chi connectivity index (χ3n) is 2.43. The molecule has 0 aliphatic carbocycles. The van der Waals surface area contributed by atoms with Gasteiger partial charge in [-0.05, 0) is 13.8 Å². The summed E-state index contributed by atoms with van der Waals surface area (Å²) in [6.07, 6.45) is -1.20. The Labute approximate surface area is 121 Å². The Kier molecular flexibility index (Phi) is 7.94. The van der Waals surface area contributed by atoms with Crippen LogP contribution in [0.1, 0.15) is 13.8 Å². The number of nitrogens with two attached hydrogens (primary N) is 1. The van der Waals surface area contributed by atoms with Crippen molar-refractivity contribution in [1.29, 1.82) is 0 Å². The SMILES string of the molecule is CC(NC(=O)C(NC(=O)CN)C(C)O)C(=O)NCC(=O)O. The van der Waals surface area contributed by atoms with Gasteiger partial charge in [-0.1, -0.05) is 0 Å². The van der Waals surface area contributed by atoms with E-state index in [-0.39, 0.29) is 6.54 Å². The van der Waals surface area contributed by atoms with Crippen LogP contribution in [0.25, 0.3) is 0 Å². The number of carbonyl (C=O) groups excluding carboxylic acids is 3. The second kappa shape index (κ2) is 8.87. The van der Waals surface area contributed by atoms with Crippen molar-refractivity contribution in [2.45, 2.75) is 32.0 Å². The maximum Gasteiger partial charge on any atom is 0.322 e. The molecule has 0 saturated carbocycles. The summed E-state index contributed by atoms with van der Waals surface area (Å²) in [4.78, 5) is 44.8. The molecule has 0 aromatic heterocycles. The Hall–Kier alpha value is -2.20. The van der Waals surface area contributed by atoms with Crippen molar-refractivity contribution in [3.8, 4) is 0 Å². The molecule has 0 spiro atoms. The fourth-order valence-corrected chi connectivity index (χ4v) is 1.32. The van der Waals surface area contributed by atoms with Gasteiger partial charge in [-0.15, -0.1) is 0 Å². The number of amides is 3. The van der Waals surface area contributed by atoms with Gasteiger partial charge in [0, 0.05) is 0 Å². The van der Waals surface area contributed by atoms with E-state index in [0.29, 0.717) is 0 Å². The van der Waals surface area contributed by atoms with Gasteiger partial charge < -0.3 is 31.9 Å². The maximum atomic E-state index is 11.9. The minimum absolute atomic E-state index is 0.356. The van der Waals surface area contributed by atoms with Gasteiger partial charge in [0.05, 0.1) is 12.6 Å². The number of carbonyl (C=O) groups is 4. The van der Waals surface area contributed by atoms with E-state index in [1.54, 1.807) is 0 Å². The van der Waals surface area contributed by atoms with Gasteiger partial charge in [0.1, 0.15) is 18.6 Å². The van der Waals surface area contributed by atoms with Gasteiger partial charge in [0.2, 0.25) is 17.7 Å². The summed E-state index contributed by atoms with van der Waals surface area (Å²) in [6, 6.07) is -2.30. The second-order valence-electron chi connectivity index (χ2n) is 4.33. The summed E-state index contributed by atoms with van der Waals surface area (Å²) in [5, 5.41) is 24.4. The molecule has 10 nitrogen and oxygen atoms in total. The van der Waals surface area contributed by atoms with Crippen LogP contribution in [0.3, 0.4) is 0 Å². The number of nitrogens with one attached hydrogen (secondary N) is 3. The Morgan fingerprint density at radius 3 is 2.10 bits per heavy atom. The minimum Gasteiger partial charge on any atom is -0.480 e. The molecule has 21 heavy (non-hydrogen) atoms. The van der Waals surface area contributed by atoms with Gasteiger partial charge in [-0.25, -0.2) is 0 Å². The molecule has 0 heterocycles. The molecule has 0 fully saturated rings. The van der Waals surface area contributed by atoms with Crippen LogP contribution in [0.15, 0.2) is 0 Å². The molecular weight excluding hydrogens is 284 g/mol. The van der Waals surface area contributed by atoms with E-state index >= 15 is 0 Å². The zero-order chi connectivity index (χ0) is 16.6. The van der Waals surface area contributed by atoms with Crippen LogP contribution < -0.4 is 21.7 Å². The zero-order valence-corrected chi connectivity index (χ0v) is 11.8. The van der Waals surface area contributed by atoms with Crippen molar-refractivity contribution >= 4 is 23.7 Å². The monoisotopic (exact) mass is 304 g/mol. The molecule has 0 radical (unpaired) electrons. The molecule has 0 aliphatic heterocycles. The summed E-state index contributed by atoms with van der Waals surface area (Å²) in [6.45, 7) is 1.68. The molecule has 7 N–H and O–H groups in total. The average molecular weight is 304 g/mol. The van der Waals surface area contributed by atoms with E-state index in [9.17, 15) is 24.3 Å². The standard InChI is InChI=1S/C11H20N4O6/c1-5(10(20)13-4-8(18)19)14-11(21)9(6(2)16)15-7(17)3-12/h5-6,9,16H,3-4,12H2,1-2H3,(H,13,20)(H,14,21)(H,15,17)(H,18,19). The summed E-state index contributed by atoms with van der Waals surface area (Å²) in [5.41, 5.74) is 5.09. The number of aliphatic carboxylic acids is 1. The van der Waals surface area contributed by atoms with E-state index in [1.165, 1.54) is 13.8 Å². The first kappa shape index (κ1) is 18.8. The number of rotatable bonds is 8. The highest BCUT2D eigenvalue weighted by Gasteiger charge is 2.27. The molecule has 0 saturated heterocycles. The third kappa shape index (κ3) is 7.22. The van der Waals surface area contributed by atoms with E-state index in [0.717, 1.165) is 0 Å². The van der Waals surface area contributed by atoms with Crippen molar-refractivity contribution in [2.75, 3.05) is 13.1 Å². The Bertz CT molecular complexity index is 412. The fourth-order valence-electron chi connectivity index (χ4n) is 1.32. The first-order chi connectivity index (χ1) is 9.68. The molecule has 0 bridgehead atoms. The highest BCUT2D eigenvalue weighted by Crippen LogP contribution is 1.95. The summed E-state index contributed by atoms with van der Waals surface area (Å²) in [5.74, 6) is -3.36. The Morgan fingerprint density at radius 1 is 1.10 bits per heavy atom. The molecule has 120 valence electrons. The summed E-state index contributed by atoms with van der Waals surface area (Å²) >= 11 is 0. The first-order valence-corrected chi connectivity index (χ1v) is 6.16. The van der Waals surface area contributed by atoms with Crippen LogP contribution in [0.5, 0.6) is 0 Å². The molecular formula is C11H20N4O6. The molecule has 0 aliphatic rings. The number of hydrogen-bond acceptors (Lipinski definition) is 6. The van der Waals surface area contributed by atoms with Crippen LogP contribution in [0, 0.1) is 0 Å². The van der Waals surface area contributed by atoms with Crippen LogP contribution >= 0.6 is 0 Å². The predicted octanol–water partition coefficient (Wildman–Crippen LogP) is -3.48. The molecule has 0 aromatic carbocycles. The first-order valence-electron chi connectivity index (χ1n) is 6.16. The Balaban J connectivity index is 4.56. The van der Waals surface area contributed by atoms with Crippen molar-refractivity contribution in [1.82, 2.24) is 16.0 Å². The Morgan fingerprint density at radius 2 is 1.67 bits per heavy atom. The number of aliphatic hydroxyl groups excluding tert-OH is 1.